The lowest BCUT2D eigenvalue weighted by atomic mass is 10.00. The summed E-state index contributed by atoms with van der Waals surface area (Å²) < 4.78 is 19.7. The number of β-lactam (4-membered cyclic amide) rings is 1. The predicted molar refractivity (Wildman–Crippen MR) is 167 cm³/mol. The number of allylic oxidation sites excluding steroid dienone is 1. The average molecular weight is 604 g/mol. The molecule has 9 heteroatoms. The zero-order valence-electron chi connectivity index (χ0n) is 23.6. The number of amides is 2. The number of pyridine rings is 1. The highest BCUT2D eigenvalue weighted by Gasteiger charge is 2.57. The van der Waals surface area contributed by atoms with Crippen LogP contribution in [0.1, 0.15) is 28.4 Å². The largest absolute Gasteiger partial charge is 0.448 e. The molecular weight excluding hydrogens is 574 g/mol. The summed E-state index contributed by atoms with van der Waals surface area (Å²) >= 11 is 0. The number of ether oxygens (including phenoxy) is 1. The molecule has 3 aromatic carbocycles. The third kappa shape index (κ3) is 6.14. The molecule has 0 bridgehead atoms. The van der Waals surface area contributed by atoms with Gasteiger partial charge in [-0.3, -0.25) is 23.7 Å². The number of carbonyl (C=O) groups is 3. The van der Waals surface area contributed by atoms with E-state index < -0.39 is 40.2 Å². The lowest BCUT2D eigenvalue weighted by Gasteiger charge is -2.49. The standard InChI is InChI=1S/C35H29N3O5S/c39-29(22-25-10-4-1-5-11-25)37-30-33(40)38-31(28(23-44(42)34(30)38)17-16-24-18-20-36-21-19-24)35(41)43-32(26-12-6-2-7-13-26)27-14-8-3-9-15-27/h1-21,30,32,34H,22-23H2,(H,37,39)/b17-16+/t30?,34-,44?/m1/s1. The van der Waals surface area contributed by atoms with E-state index in [1.165, 1.54) is 4.90 Å². The zero-order valence-corrected chi connectivity index (χ0v) is 24.4. The van der Waals surface area contributed by atoms with Crippen molar-refractivity contribution in [2.45, 2.75) is 23.9 Å². The number of benzene rings is 3. The van der Waals surface area contributed by atoms with Crippen LogP contribution in [-0.2, 0) is 36.3 Å². The highest BCUT2D eigenvalue weighted by molar-refractivity contribution is 7.86. The van der Waals surface area contributed by atoms with E-state index in [0.717, 1.165) is 22.3 Å². The Labute approximate surface area is 257 Å². The van der Waals surface area contributed by atoms with E-state index in [1.54, 1.807) is 36.7 Å². The Morgan fingerprint density at radius 2 is 1.48 bits per heavy atom. The molecule has 0 aliphatic carbocycles. The van der Waals surface area contributed by atoms with Crippen molar-refractivity contribution in [2.24, 2.45) is 0 Å². The van der Waals surface area contributed by atoms with Crippen LogP contribution in [0.3, 0.4) is 0 Å². The molecule has 6 rings (SSSR count). The van der Waals surface area contributed by atoms with E-state index in [9.17, 15) is 18.6 Å². The normalized spacial score (nSPS) is 19.4. The zero-order chi connectivity index (χ0) is 30.5. The molecule has 8 nitrogen and oxygen atoms in total. The number of fused-ring (bicyclic) bond motifs is 1. The average Bonchev–Trinajstić information content (AvgIpc) is 3.06. The van der Waals surface area contributed by atoms with Crippen LogP contribution < -0.4 is 5.32 Å². The van der Waals surface area contributed by atoms with Gasteiger partial charge < -0.3 is 10.1 Å². The van der Waals surface area contributed by atoms with Gasteiger partial charge in [0, 0.05) is 12.4 Å². The molecule has 2 aliphatic heterocycles. The van der Waals surface area contributed by atoms with Gasteiger partial charge in [-0.15, -0.1) is 0 Å². The minimum Gasteiger partial charge on any atom is -0.448 e. The first kappa shape index (κ1) is 28.9. The fraction of sp³-hybridized carbons (Fsp3) is 0.143. The van der Waals surface area contributed by atoms with E-state index >= 15 is 0 Å². The highest BCUT2D eigenvalue weighted by Crippen LogP contribution is 2.37. The molecule has 1 aromatic heterocycles. The molecule has 2 amide bonds. The number of hydrogen-bond acceptors (Lipinski definition) is 6. The smallest absolute Gasteiger partial charge is 0.356 e. The second kappa shape index (κ2) is 13.0. The third-order valence-corrected chi connectivity index (χ3v) is 9.10. The first-order valence-electron chi connectivity index (χ1n) is 14.2. The van der Waals surface area contributed by atoms with Gasteiger partial charge in [-0.1, -0.05) is 103 Å². The van der Waals surface area contributed by atoms with Gasteiger partial charge in [0.25, 0.3) is 5.91 Å². The van der Waals surface area contributed by atoms with Crippen LogP contribution in [-0.4, -0.2) is 49.0 Å². The van der Waals surface area contributed by atoms with Crippen molar-refractivity contribution in [3.8, 4) is 0 Å². The van der Waals surface area contributed by atoms with E-state index in [1.807, 2.05) is 91.0 Å². The number of carbonyl (C=O) groups excluding carboxylic acids is 3. The predicted octanol–water partition coefficient (Wildman–Crippen LogP) is 4.34. The summed E-state index contributed by atoms with van der Waals surface area (Å²) in [5.74, 6) is -1.59. The van der Waals surface area contributed by atoms with Crippen LogP contribution in [0.4, 0.5) is 0 Å². The summed E-state index contributed by atoms with van der Waals surface area (Å²) in [6.07, 6.45) is 6.08. The minimum absolute atomic E-state index is 0.00681. The van der Waals surface area contributed by atoms with Gasteiger partial charge in [0.05, 0.1) is 23.0 Å². The maximum atomic E-state index is 14.1. The van der Waals surface area contributed by atoms with Gasteiger partial charge in [-0.05, 0) is 40.0 Å². The van der Waals surface area contributed by atoms with Crippen LogP contribution in [0.25, 0.3) is 6.08 Å². The van der Waals surface area contributed by atoms with Crippen LogP contribution in [0, 0.1) is 0 Å². The first-order valence-corrected chi connectivity index (χ1v) is 15.5. The number of esters is 1. The Balaban J connectivity index is 1.32. The van der Waals surface area contributed by atoms with Gasteiger partial charge in [0.2, 0.25) is 5.91 Å². The minimum atomic E-state index is -1.59. The SMILES string of the molecule is O=C(Cc1ccccc1)NC1C(=O)N2C(C(=O)OC(c3ccccc3)c3ccccc3)=C(/C=C/c3ccncc3)CS(=O)[C@H]12. The van der Waals surface area contributed by atoms with E-state index in [2.05, 4.69) is 10.3 Å². The Kier molecular flexibility index (Phi) is 8.56. The summed E-state index contributed by atoms with van der Waals surface area (Å²) in [6, 6.07) is 30.4. The molecule has 1 saturated heterocycles. The van der Waals surface area contributed by atoms with Crippen LogP contribution in [0.2, 0.25) is 0 Å². The summed E-state index contributed by atoms with van der Waals surface area (Å²) in [4.78, 5) is 45.8. The Morgan fingerprint density at radius 3 is 2.09 bits per heavy atom. The molecule has 2 unspecified atom stereocenters. The summed E-state index contributed by atoms with van der Waals surface area (Å²) in [6.45, 7) is 0. The van der Waals surface area contributed by atoms with E-state index in [0.29, 0.717) is 5.57 Å². The molecule has 0 saturated carbocycles. The highest BCUT2D eigenvalue weighted by atomic mass is 32.2. The number of nitrogens with zero attached hydrogens (tertiary/aromatic N) is 2. The summed E-state index contributed by atoms with van der Waals surface area (Å²) in [5.41, 5.74) is 3.57. The van der Waals surface area contributed by atoms with Crippen molar-refractivity contribution in [1.29, 1.82) is 0 Å². The number of aromatic nitrogens is 1. The summed E-state index contributed by atoms with van der Waals surface area (Å²) in [5, 5.41) is 1.85. The molecule has 220 valence electrons. The monoisotopic (exact) mass is 603 g/mol. The van der Waals surface area contributed by atoms with Crippen molar-refractivity contribution in [2.75, 3.05) is 5.75 Å². The number of rotatable bonds is 9. The molecule has 2 aliphatic rings. The van der Waals surface area contributed by atoms with Gasteiger partial charge in [-0.2, -0.15) is 0 Å². The first-order chi connectivity index (χ1) is 21.5. The Hall–Kier alpha value is -5.15. The molecule has 44 heavy (non-hydrogen) atoms. The Bertz CT molecular complexity index is 1710. The summed E-state index contributed by atoms with van der Waals surface area (Å²) in [7, 11) is -1.59. The lowest BCUT2D eigenvalue weighted by molar-refractivity contribution is -0.154. The van der Waals surface area contributed by atoms with Crippen LogP contribution >= 0.6 is 0 Å². The molecule has 1 fully saturated rings. The molecule has 3 atom stereocenters. The maximum absolute atomic E-state index is 14.1. The topological polar surface area (TPSA) is 106 Å². The van der Waals surface area contributed by atoms with E-state index in [-0.39, 0.29) is 23.8 Å². The molecule has 3 heterocycles. The molecular formula is C35H29N3O5S. The van der Waals surface area contributed by atoms with Crippen molar-refractivity contribution < 1.29 is 23.3 Å². The molecule has 0 spiro atoms. The van der Waals surface area contributed by atoms with Gasteiger partial charge >= 0.3 is 5.97 Å². The maximum Gasteiger partial charge on any atom is 0.356 e. The molecule has 4 aromatic rings. The van der Waals surface area contributed by atoms with Crippen LogP contribution in [0.5, 0.6) is 0 Å². The fourth-order valence-electron chi connectivity index (χ4n) is 5.35. The molecule has 1 N–H and O–H groups in total. The number of nitrogens with one attached hydrogen (secondary N) is 1. The van der Waals surface area contributed by atoms with Gasteiger partial charge in [0.1, 0.15) is 17.1 Å². The second-order valence-electron chi connectivity index (χ2n) is 10.4. The van der Waals surface area contributed by atoms with Crippen molar-refractivity contribution in [3.05, 3.63) is 155 Å². The van der Waals surface area contributed by atoms with Crippen molar-refractivity contribution >= 4 is 34.7 Å². The van der Waals surface area contributed by atoms with Crippen LogP contribution in [0.15, 0.2) is 133 Å². The fourth-order valence-corrected chi connectivity index (χ4v) is 6.99. The second-order valence-corrected chi connectivity index (χ2v) is 12.0. The van der Waals surface area contributed by atoms with Gasteiger partial charge in [-0.25, -0.2) is 4.79 Å². The van der Waals surface area contributed by atoms with Crippen molar-refractivity contribution in [1.82, 2.24) is 15.2 Å². The van der Waals surface area contributed by atoms with Crippen molar-refractivity contribution in [3.63, 3.8) is 0 Å². The van der Waals surface area contributed by atoms with Gasteiger partial charge in [0.15, 0.2) is 6.10 Å². The molecule has 0 radical (unpaired) electrons. The lowest BCUT2D eigenvalue weighted by Crippen LogP contribution is -2.73. The Morgan fingerprint density at radius 1 is 0.886 bits per heavy atom. The number of hydrogen-bond donors (Lipinski definition) is 1. The third-order valence-electron chi connectivity index (χ3n) is 7.49. The van der Waals surface area contributed by atoms with E-state index in [4.69, 9.17) is 4.74 Å². The quantitative estimate of drug-likeness (QED) is 0.226.